The van der Waals surface area contributed by atoms with Crippen molar-refractivity contribution < 1.29 is 29.7 Å². The molecule has 7 N–H and O–H groups in total. The summed E-state index contributed by atoms with van der Waals surface area (Å²) < 4.78 is 0. The number of hydrogen-bond acceptors (Lipinski definition) is 12. The Kier molecular flexibility index (Phi) is 11.1. The van der Waals surface area contributed by atoms with Crippen LogP contribution in [0.15, 0.2) is 28.2 Å². The maximum Gasteiger partial charge on any atom is 0.326 e. The van der Waals surface area contributed by atoms with Gasteiger partial charge in [0.15, 0.2) is 16.6 Å². The first-order valence-corrected chi connectivity index (χ1v) is 12.4. The van der Waals surface area contributed by atoms with Crippen molar-refractivity contribution in [2.24, 2.45) is 9.98 Å². The van der Waals surface area contributed by atoms with Crippen LogP contribution in [0.2, 0.25) is 0 Å². The van der Waals surface area contributed by atoms with Gasteiger partial charge in [0.2, 0.25) is 11.8 Å². The molecular weight excluding hydrogens is 534 g/mol. The lowest BCUT2D eigenvalue weighted by Crippen LogP contribution is -2.41. The minimum Gasteiger partial charge on any atom is -0.492 e. The molecule has 38 heavy (non-hydrogen) atoms. The number of nitrogen functional groups attached to an aromatic ring is 1. The molecule has 0 aliphatic heterocycles. The van der Waals surface area contributed by atoms with E-state index in [0.717, 1.165) is 11.8 Å². The number of aromatic nitrogens is 2. The highest BCUT2D eigenvalue weighted by atomic mass is 32.2. The number of rotatable bonds is 13. The maximum absolute atomic E-state index is 11.6. The summed E-state index contributed by atoms with van der Waals surface area (Å²) in [5.41, 5.74) is 7.90. The quantitative estimate of drug-likeness (QED) is 0.153. The number of carboxylic acid groups (broad SMARTS) is 2. The molecule has 0 aliphatic rings. The van der Waals surface area contributed by atoms with Gasteiger partial charge in [-0.05, 0) is 43.8 Å². The average molecular weight is 562 g/mol. The number of aliphatic carboxylic acids is 2. The van der Waals surface area contributed by atoms with Crippen molar-refractivity contribution in [3.63, 3.8) is 0 Å². The number of hydrogen-bond donors (Lipinski definition) is 6. The van der Waals surface area contributed by atoms with Crippen LogP contribution in [-0.4, -0.2) is 72.3 Å². The summed E-state index contributed by atoms with van der Waals surface area (Å²) in [5.74, 6) is -2.64. The second-order valence-corrected chi connectivity index (χ2v) is 9.45. The van der Waals surface area contributed by atoms with Crippen molar-refractivity contribution in [3.05, 3.63) is 29.3 Å². The van der Waals surface area contributed by atoms with Crippen LogP contribution in [0.1, 0.15) is 37.8 Å². The first kappa shape index (κ1) is 30.1. The molecule has 1 aromatic carbocycles. The molecule has 0 fully saturated rings. The monoisotopic (exact) mass is 561 g/mol. The average Bonchev–Trinajstić information content (AvgIpc) is 2.84. The highest BCUT2D eigenvalue weighted by Crippen LogP contribution is 2.34. The highest BCUT2D eigenvalue weighted by Gasteiger charge is 2.21. The molecular formula is C23H27N7O6S2. The van der Waals surface area contributed by atoms with Gasteiger partial charge in [0.05, 0.1) is 6.54 Å². The van der Waals surface area contributed by atoms with Gasteiger partial charge in [-0.1, -0.05) is 24.0 Å². The van der Waals surface area contributed by atoms with Crippen molar-refractivity contribution in [1.82, 2.24) is 15.3 Å². The molecule has 0 saturated heterocycles. The first-order valence-electron chi connectivity index (χ1n) is 11.0. The van der Waals surface area contributed by atoms with Gasteiger partial charge in [-0.2, -0.15) is 9.97 Å². The summed E-state index contributed by atoms with van der Waals surface area (Å²) >= 11 is 6.47. The Hall–Kier alpha value is -4.11. The van der Waals surface area contributed by atoms with E-state index in [0.29, 0.717) is 22.5 Å². The van der Waals surface area contributed by atoms with Gasteiger partial charge in [0, 0.05) is 36.1 Å². The Labute approximate surface area is 227 Å². The number of aliphatic imine (C=N–C) groups is 2. The Morgan fingerprint density at radius 2 is 1.95 bits per heavy atom. The predicted octanol–water partition coefficient (Wildman–Crippen LogP) is 2.66. The lowest BCUT2D eigenvalue weighted by molar-refractivity contribution is -0.140. The summed E-state index contributed by atoms with van der Waals surface area (Å²) in [6, 6.07) is 3.97. The SMILES string of the molecule is C=Nc1nc(N)nc(O)c1/N=C(\C)CNc1ccc(C(=S)N[C@@H](CCC(=O)O)C(=O)O)c(CSC(C)=O)c1. The van der Waals surface area contributed by atoms with E-state index in [2.05, 4.69) is 37.3 Å². The lowest BCUT2D eigenvalue weighted by atomic mass is 10.1. The lowest BCUT2D eigenvalue weighted by Gasteiger charge is -2.18. The van der Waals surface area contributed by atoms with Crippen molar-refractivity contribution >= 4 is 81.6 Å². The standard InChI is InChI=1S/C23H27N7O6S2/c1-11(27-18-19(25-3)29-23(24)30-20(18)34)9-26-14-4-5-15(13(8-14)10-38-12(2)31)21(37)28-16(22(35)36)6-7-17(32)33/h4-5,8,16,26H,3,6-7,9-10H2,1-2H3,(H,28,37)(H,32,33)(H,35,36)(H3,24,29,30,34)/b27-11+/t16-/m0/s1. The van der Waals surface area contributed by atoms with E-state index in [1.807, 2.05) is 0 Å². The molecule has 0 unspecified atom stereocenters. The number of aromatic hydroxyl groups is 1. The smallest absolute Gasteiger partial charge is 0.326 e. The van der Waals surface area contributed by atoms with Gasteiger partial charge in [-0.15, -0.1) is 0 Å². The number of anilines is 2. The Morgan fingerprint density at radius 1 is 1.24 bits per heavy atom. The third kappa shape index (κ3) is 9.08. The number of carbonyl (C=O) groups is 3. The zero-order chi connectivity index (χ0) is 28.4. The van der Waals surface area contributed by atoms with Crippen molar-refractivity contribution in [2.75, 3.05) is 17.6 Å². The fourth-order valence-electron chi connectivity index (χ4n) is 3.10. The summed E-state index contributed by atoms with van der Waals surface area (Å²) in [6.45, 7) is 6.77. The minimum atomic E-state index is -1.23. The number of thiocarbonyl (C=S) groups is 1. The van der Waals surface area contributed by atoms with Crippen LogP contribution in [0.3, 0.4) is 0 Å². The van der Waals surface area contributed by atoms with E-state index in [-0.39, 0.29) is 52.7 Å². The Bertz CT molecular complexity index is 1290. The van der Waals surface area contributed by atoms with Gasteiger partial charge >= 0.3 is 11.9 Å². The van der Waals surface area contributed by atoms with E-state index in [1.165, 1.54) is 6.92 Å². The number of nitrogens with zero attached hydrogens (tertiary/aromatic N) is 4. The van der Waals surface area contributed by atoms with Crippen LogP contribution in [0.4, 0.5) is 23.1 Å². The molecule has 0 radical (unpaired) electrons. The highest BCUT2D eigenvalue weighted by molar-refractivity contribution is 8.12. The van der Waals surface area contributed by atoms with Gasteiger partial charge < -0.3 is 31.7 Å². The zero-order valence-corrected chi connectivity index (χ0v) is 22.2. The largest absolute Gasteiger partial charge is 0.492 e. The number of nitrogens with one attached hydrogen (secondary N) is 2. The first-order chi connectivity index (χ1) is 17.9. The topological polar surface area (TPSA) is 212 Å². The van der Waals surface area contributed by atoms with Crippen LogP contribution >= 0.6 is 24.0 Å². The number of benzene rings is 1. The normalized spacial score (nSPS) is 11.9. The number of carbonyl (C=O) groups excluding carboxylic acids is 1. The summed E-state index contributed by atoms with van der Waals surface area (Å²) in [5, 5.41) is 34.2. The van der Waals surface area contributed by atoms with Crippen LogP contribution < -0.4 is 16.4 Å². The van der Waals surface area contributed by atoms with Gasteiger partial charge in [-0.3, -0.25) is 9.59 Å². The van der Waals surface area contributed by atoms with Crippen LogP contribution in [-0.2, 0) is 20.1 Å². The summed E-state index contributed by atoms with van der Waals surface area (Å²) in [4.78, 5) is 49.7. The van der Waals surface area contributed by atoms with E-state index < -0.39 is 23.9 Å². The van der Waals surface area contributed by atoms with Crippen LogP contribution in [0.25, 0.3) is 0 Å². The van der Waals surface area contributed by atoms with Crippen molar-refractivity contribution in [3.8, 4) is 5.88 Å². The molecule has 0 spiro atoms. The second kappa shape index (κ2) is 14.0. The third-order valence-corrected chi connectivity index (χ3v) is 6.10. The van der Waals surface area contributed by atoms with Crippen LogP contribution in [0.5, 0.6) is 5.88 Å². The van der Waals surface area contributed by atoms with Gasteiger partial charge in [-0.25, -0.2) is 14.8 Å². The third-order valence-electron chi connectivity index (χ3n) is 4.90. The molecule has 15 heteroatoms. The molecule has 0 saturated carbocycles. The van der Waals surface area contributed by atoms with Gasteiger partial charge in [0.1, 0.15) is 11.0 Å². The van der Waals surface area contributed by atoms with E-state index in [4.69, 9.17) is 23.1 Å². The second-order valence-electron chi connectivity index (χ2n) is 7.89. The molecule has 1 heterocycles. The maximum atomic E-state index is 11.6. The summed E-state index contributed by atoms with van der Waals surface area (Å²) in [6.07, 6.45) is -0.494. The zero-order valence-electron chi connectivity index (χ0n) is 20.6. The molecule has 202 valence electrons. The summed E-state index contributed by atoms with van der Waals surface area (Å²) in [7, 11) is 0. The molecule has 2 aromatic rings. The van der Waals surface area contributed by atoms with Gasteiger partial charge in [0.25, 0.3) is 0 Å². The predicted molar refractivity (Wildman–Crippen MR) is 150 cm³/mol. The molecule has 0 amide bonds. The van der Waals surface area contributed by atoms with Crippen molar-refractivity contribution in [2.45, 2.75) is 38.5 Å². The Balaban J connectivity index is 2.25. The fourth-order valence-corrected chi connectivity index (χ4v) is 4.04. The van der Waals surface area contributed by atoms with E-state index in [9.17, 15) is 24.6 Å². The molecule has 1 aromatic heterocycles. The Morgan fingerprint density at radius 3 is 2.55 bits per heavy atom. The number of carboxylic acids is 2. The fraction of sp³-hybridized carbons (Fsp3) is 0.304. The number of thioether (sulfide) groups is 1. The van der Waals surface area contributed by atoms with Crippen molar-refractivity contribution in [1.29, 1.82) is 0 Å². The van der Waals surface area contributed by atoms with Crippen LogP contribution in [0, 0.1) is 0 Å². The van der Waals surface area contributed by atoms with E-state index in [1.54, 1.807) is 25.1 Å². The molecule has 0 aliphatic carbocycles. The minimum absolute atomic E-state index is 0.0229. The molecule has 0 bridgehead atoms. The van der Waals surface area contributed by atoms with E-state index >= 15 is 0 Å². The molecule has 2 rings (SSSR count). The number of nitrogens with two attached hydrogens (primary N) is 1. The molecule has 13 nitrogen and oxygen atoms in total. The molecule has 1 atom stereocenters.